The van der Waals surface area contributed by atoms with Gasteiger partial charge in [-0.25, -0.2) is 9.97 Å². The van der Waals surface area contributed by atoms with Crippen molar-refractivity contribution in [3.05, 3.63) is 88.3 Å². The summed E-state index contributed by atoms with van der Waals surface area (Å²) >= 11 is 0. The van der Waals surface area contributed by atoms with Crippen molar-refractivity contribution < 1.29 is 4.79 Å². The smallest absolute Gasteiger partial charge is 0.282 e. The molecule has 5 aromatic rings. The van der Waals surface area contributed by atoms with E-state index in [1.165, 1.54) is 0 Å². The molecule has 0 aliphatic carbocycles. The number of nitrogen functional groups attached to an aromatic ring is 1. The molecule has 10 nitrogen and oxygen atoms in total. The number of benzene rings is 3. The summed E-state index contributed by atoms with van der Waals surface area (Å²) in [7, 11) is 0. The van der Waals surface area contributed by atoms with Crippen molar-refractivity contribution in [2.24, 2.45) is 0 Å². The van der Waals surface area contributed by atoms with Crippen LogP contribution in [0.15, 0.2) is 71.5 Å². The fourth-order valence-electron chi connectivity index (χ4n) is 4.81. The molecule has 1 aliphatic rings. The summed E-state index contributed by atoms with van der Waals surface area (Å²) in [5.41, 5.74) is 10.0. The van der Waals surface area contributed by atoms with Gasteiger partial charge in [0, 0.05) is 42.9 Å². The molecule has 0 atom stereocenters. The van der Waals surface area contributed by atoms with E-state index in [2.05, 4.69) is 36.2 Å². The molecule has 0 saturated carbocycles. The lowest BCUT2D eigenvalue weighted by atomic mass is 10.1. The molecular formula is C28H26N8O2. The van der Waals surface area contributed by atoms with Crippen LogP contribution in [0.5, 0.6) is 0 Å². The Bertz CT molecular complexity index is 1740. The quantitative estimate of drug-likeness (QED) is 0.316. The van der Waals surface area contributed by atoms with Gasteiger partial charge in [0.25, 0.3) is 11.5 Å². The Morgan fingerprint density at radius 3 is 2.50 bits per heavy atom. The number of piperazine rings is 1. The fourth-order valence-corrected chi connectivity index (χ4v) is 4.81. The number of carbonyl (C=O) groups excluding carboxylic acids is 1. The van der Waals surface area contributed by atoms with E-state index in [4.69, 9.17) is 5.73 Å². The average Bonchev–Trinajstić information content (AvgIpc) is 2.93. The first-order chi connectivity index (χ1) is 18.5. The molecule has 3 heterocycles. The van der Waals surface area contributed by atoms with E-state index < -0.39 is 0 Å². The molecule has 1 fully saturated rings. The lowest BCUT2D eigenvalue weighted by molar-refractivity contribution is 0.0748. The minimum Gasteiger partial charge on any atom is -0.398 e. The third-order valence-corrected chi connectivity index (χ3v) is 6.85. The van der Waals surface area contributed by atoms with Crippen LogP contribution in [0.3, 0.4) is 0 Å². The van der Waals surface area contributed by atoms with Gasteiger partial charge in [-0.3, -0.25) is 14.9 Å². The number of rotatable bonds is 4. The SMILES string of the molecule is Cc1nc(Nc2nc(=O)c3ccccc3[nH]2)nc2ccc(N3CCN(C(=O)c4ccccc4N)CC3)cc12. The first-order valence-electron chi connectivity index (χ1n) is 12.4. The number of H-pyrrole nitrogens is 1. The highest BCUT2D eigenvalue weighted by atomic mass is 16.2. The van der Waals surface area contributed by atoms with Crippen molar-refractivity contribution >= 4 is 51.0 Å². The van der Waals surface area contributed by atoms with Gasteiger partial charge >= 0.3 is 0 Å². The summed E-state index contributed by atoms with van der Waals surface area (Å²) in [6.45, 7) is 4.58. The maximum absolute atomic E-state index is 12.9. The number of nitrogens with zero attached hydrogens (tertiary/aromatic N) is 5. The number of fused-ring (bicyclic) bond motifs is 2. The lowest BCUT2D eigenvalue weighted by Gasteiger charge is -2.36. The summed E-state index contributed by atoms with van der Waals surface area (Å²) in [5.74, 6) is 0.607. The molecule has 38 heavy (non-hydrogen) atoms. The van der Waals surface area contributed by atoms with Gasteiger partial charge in [-0.05, 0) is 49.4 Å². The first-order valence-corrected chi connectivity index (χ1v) is 12.4. The Hall–Kier alpha value is -4.99. The highest BCUT2D eigenvalue weighted by Crippen LogP contribution is 2.26. The van der Waals surface area contributed by atoms with Crippen molar-refractivity contribution in [3.63, 3.8) is 0 Å². The molecule has 4 N–H and O–H groups in total. The predicted molar refractivity (Wildman–Crippen MR) is 149 cm³/mol. The van der Waals surface area contributed by atoms with Gasteiger partial charge in [0.05, 0.1) is 27.7 Å². The molecule has 0 spiro atoms. The summed E-state index contributed by atoms with van der Waals surface area (Å²) < 4.78 is 0. The molecule has 0 unspecified atom stereocenters. The largest absolute Gasteiger partial charge is 0.398 e. The van der Waals surface area contributed by atoms with Crippen LogP contribution in [0.2, 0.25) is 0 Å². The normalized spacial score (nSPS) is 13.7. The molecule has 1 saturated heterocycles. The zero-order chi connectivity index (χ0) is 26.2. The Morgan fingerprint density at radius 2 is 1.68 bits per heavy atom. The molecule has 3 aromatic carbocycles. The fraction of sp³-hybridized carbons (Fsp3) is 0.179. The van der Waals surface area contributed by atoms with Crippen molar-refractivity contribution in [2.45, 2.75) is 6.92 Å². The number of aromatic nitrogens is 4. The standard InChI is InChI=1S/C28H26N8O2/c1-17-21-16-18(35-12-14-36(15-13-35)26(38)19-6-2-4-8-22(19)29)10-11-24(21)32-27(30-17)34-28-31-23-9-5-3-7-20(23)25(37)33-28/h2-11,16H,12-15,29H2,1H3,(H2,30,31,32,33,34,37). The van der Waals surface area contributed by atoms with E-state index in [9.17, 15) is 9.59 Å². The van der Waals surface area contributed by atoms with Crippen LogP contribution >= 0.6 is 0 Å². The average molecular weight is 507 g/mol. The number of nitrogens with two attached hydrogens (primary N) is 1. The van der Waals surface area contributed by atoms with E-state index in [1.54, 1.807) is 24.3 Å². The van der Waals surface area contributed by atoms with Gasteiger partial charge in [-0.1, -0.05) is 24.3 Å². The number of amides is 1. The number of para-hydroxylation sites is 2. The lowest BCUT2D eigenvalue weighted by Crippen LogP contribution is -2.48. The monoisotopic (exact) mass is 506 g/mol. The van der Waals surface area contributed by atoms with Gasteiger partial charge < -0.3 is 20.5 Å². The first kappa shape index (κ1) is 23.4. The van der Waals surface area contributed by atoms with Gasteiger partial charge in [-0.2, -0.15) is 4.98 Å². The van der Waals surface area contributed by atoms with E-state index in [1.807, 2.05) is 48.2 Å². The number of aryl methyl sites for hydroxylation is 1. The van der Waals surface area contributed by atoms with E-state index >= 15 is 0 Å². The molecular weight excluding hydrogens is 480 g/mol. The van der Waals surface area contributed by atoms with Crippen LogP contribution in [0.4, 0.5) is 23.3 Å². The van der Waals surface area contributed by atoms with E-state index in [0.29, 0.717) is 54.3 Å². The van der Waals surface area contributed by atoms with Crippen LogP contribution in [0, 0.1) is 6.92 Å². The topological polar surface area (TPSA) is 133 Å². The minimum absolute atomic E-state index is 0.0345. The molecule has 2 aromatic heterocycles. The van der Waals surface area contributed by atoms with Crippen LogP contribution in [0.25, 0.3) is 21.8 Å². The Balaban J connectivity index is 1.19. The van der Waals surface area contributed by atoms with Gasteiger partial charge in [0.1, 0.15) is 0 Å². The van der Waals surface area contributed by atoms with Crippen LogP contribution < -0.4 is 21.5 Å². The third-order valence-electron chi connectivity index (χ3n) is 6.85. The number of nitrogens with one attached hydrogen (secondary N) is 2. The number of carbonyl (C=O) groups is 1. The Morgan fingerprint density at radius 1 is 0.921 bits per heavy atom. The van der Waals surface area contributed by atoms with Crippen LogP contribution in [0.1, 0.15) is 16.1 Å². The zero-order valence-corrected chi connectivity index (χ0v) is 20.8. The summed E-state index contributed by atoms with van der Waals surface area (Å²) in [4.78, 5) is 45.8. The second-order valence-corrected chi connectivity index (χ2v) is 9.26. The van der Waals surface area contributed by atoms with Crippen molar-refractivity contribution in [1.29, 1.82) is 0 Å². The van der Waals surface area contributed by atoms with Crippen molar-refractivity contribution in [3.8, 4) is 0 Å². The third kappa shape index (κ3) is 4.36. The summed E-state index contributed by atoms with van der Waals surface area (Å²) in [6.07, 6.45) is 0. The maximum Gasteiger partial charge on any atom is 0.282 e. The Labute approximate surface area is 218 Å². The molecule has 1 amide bonds. The second kappa shape index (κ2) is 9.47. The highest BCUT2D eigenvalue weighted by Gasteiger charge is 2.24. The molecule has 6 rings (SSSR count). The predicted octanol–water partition coefficient (Wildman–Crippen LogP) is 3.46. The zero-order valence-electron chi connectivity index (χ0n) is 20.8. The molecule has 190 valence electrons. The van der Waals surface area contributed by atoms with Crippen molar-refractivity contribution in [1.82, 2.24) is 24.8 Å². The van der Waals surface area contributed by atoms with Crippen LogP contribution in [-0.4, -0.2) is 56.9 Å². The maximum atomic E-state index is 12.9. The Kier molecular flexibility index (Phi) is 5.83. The number of anilines is 4. The second-order valence-electron chi connectivity index (χ2n) is 9.26. The minimum atomic E-state index is -0.321. The van der Waals surface area contributed by atoms with Gasteiger partial charge in [0.15, 0.2) is 0 Å². The molecule has 10 heteroatoms. The van der Waals surface area contributed by atoms with E-state index in [-0.39, 0.29) is 17.4 Å². The van der Waals surface area contributed by atoms with E-state index in [0.717, 1.165) is 22.3 Å². The van der Waals surface area contributed by atoms with Gasteiger partial charge in [0.2, 0.25) is 11.9 Å². The molecule has 1 aliphatic heterocycles. The number of hydrogen-bond donors (Lipinski definition) is 3. The molecule has 0 radical (unpaired) electrons. The molecule has 0 bridgehead atoms. The van der Waals surface area contributed by atoms with Crippen molar-refractivity contribution in [2.75, 3.05) is 42.1 Å². The van der Waals surface area contributed by atoms with Gasteiger partial charge in [-0.15, -0.1) is 0 Å². The number of aromatic amines is 1. The van der Waals surface area contributed by atoms with Crippen LogP contribution in [-0.2, 0) is 0 Å². The highest BCUT2D eigenvalue weighted by molar-refractivity contribution is 5.99. The summed E-state index contributed by atoms with van der Waals surface area (Å²) in [6, 6.07) is 20.5. The summed E-state index contributed by atoms with van der Waals surface area (Å²) in [5, 5.41) is 4.49. The number of hydrogen-bond acceptors (Lipinski definition) is 8.